The number of nitrogens with zero attached hydrogens (tertiary/aromatic N) is 1. The van der Waals surface area contributed by atoms with Gasteiger partial charge in [-0.05, 0) is 18.9 Å². The SMILES string of the molecule is Cc1cccc(CCC(=O)NCCC2CN(C)C(=O)O2)c1. The maximum absolute atomic E-state index is 11.8. The topological polar surface area (TPSA) is 58.6 Å². The van der Waals surface area contributed by atoms with E-state index in [9.17, 15) is 9.59 Å². The highest BCUT2D eigenvalue weighted by Crippen LogP contribution is 2.11. The van der Waals surface area contributed by atoms with Crippen LogP contribution >= 0.6 is 0 Å². The Labute approximate surface area is 125 Å². The van der Waals surface area contributed by atoms with Crippen LogP contribution in [0.2, 0.25) is 0 Å². The van der Waals surface area contributed by atoms with E-state index in [0.29, 0.717) is 25.9 Å². The van der Waals surface area contributed by atoms with Crippen LogP contribution in [0.3, 0.4) is 0 Å². The van der Waals surface area contributed by atoms with Crippen molar-refractivity contribution in [3.63, 3.8) is 0 Å². The van der Waals surface area contributed by atoms with Gasteiger partial charge >= 0.3 is 6.09 Å². The Morgan fingerprint density at radius 2 is 2.29 bits per heavy atom. The molecular formula is C16H22N2O3. The first-order valence-corrected chi connectivity index (χ1v) is 7.28. The fourth-order valence-corrected chi connectivity index (χ4v) is 2.39. The van der Waals surface area contributed by atoms with E-state index in [1.807, 2.05) is 25.1 Å². The van der Waals surface area contributed by atoms with Crippen molar-refractivity contribution >= 4 is 12.0 Å². The Balaban J connectivity index is 1.63. The molecule has 0 bridgehead atoms. The van der Waals surface area contributed by atoms with Gasteiger partial charge in [0.1, 0.15) is 6.10 Å². The zero-order valence-electron chi connectivity index (χ0n) is 12.6. The molecule has 1 aromatic carbocycles. The van der Waals surface area contributed by atoms with Gasteiger partial charge in [0.15, 0.2) is 0 Å². The molecule has 1 atom stereocenters. The zero-order valence-corrected chi connectivity index (χ0v) is 12.6. The lowest BCUT2D eigenvalue weighted by atomic mass is 10.1. The minimum Gasteiger partial charge on any atom is -0.444 e. The van der Waals surface area contributed by atoms with Crippen LogP contribution in [0.25, 0.3) is 0 Å². The zero-order chi connectivity index (χ0) is 15.2. The minimum absolute atomic E-state index is 0.0363. The monoisotopic (exact) mass is 290 g/mol. The Hall–Kier alpha value is -2.04. The van der Waals surface area contributed by atoms with Crippen molar-refractivity contribution in [1.29, 1.82) is 0 Å². The molecule has 1 fully saturated rings. The Morgan fingerprint density at radius 1 is 1.48 bits per heavy atom. The van der Waals surface area contributed by atoms with E-state index in [4.69, 9.17) is 4.74 Å². The summed E-state index contributed by atoms with van der Waals surface area (Å²) in [4.78, 5) is 24.5. The molecule has 1 N–H and O–H groups in total. The maximum atomic E-state index is 11.8. The largest absolute Gasteiger partial charge is 0.444 e. The van der Waals surface area contributed by atoms with Crippen LogP contribution in [0.5, 0.6) is 0 Å². The fourth-order valence-electron chi connectivity index (χ4n) is 2.39. The fraction of sp³-hybridized carbons (Fsp3) is 0.500. The molecule has 0 spiro atoms. The molecule has 0 saturated carbocycles. The molecular weight excluding hydrogens is 268 g/mol. The van der Waals surface area contributed by atoms with E-state index >= 15 is 0 Å². The Kier molecular flexibility index (Phi) is 5.20. The predicted octanol–water partition coefficient (Wildman–Crippen LogP) is 1.88. The van der Waals surface area contributed by atoms with Crippen LogP contribution in [-0.4, -0.2) is 43.1 Å². The van der Waals surface area contributed by atoms with Gasteiger partial charge in [-0.1, -0.05) is 29.8 Å². The van der Waals surface area contributed by atoms with Gasteiger partial charge in [-0.3, -0.25) is 4.79 Å². The molecule has 0 aliphatic carbocycles. The molecule has 21 heavy (non-hydrogen) atoms. The average Bonchev–Trinajstić information content (AvgIpc) is 2.75. The second-order valence-electron chi connectivity index (χ2n) is 5.51. The number of hydrogen-bond acceptors (Lipinski definition) is 3. The molecule has 0 aromatic heterocycles. The first-order valence-electron chi connectivity index (χ1n) is 7.28. The number of aryl methyl sites for hydroxylation is 2. The molecule has 1 aliphatic heterocycles. The third-order valence-electron chi connectivity index (χ3n) is 3.57. The number of cyclic esters (lactones) is 1. The lowest BCUT2D eigenvalue weighted by Crippen LogP contribution is -2.28. The van der Waals surface area contributed by atoms with E-state index in [-0.39, 0.29) is 18.1 Å². The van der Waals surface area contributed by atoms with Crippen LogP contribution in [-0.2, 0) is 16.0 Å². The molecule has 0 radical (unpaired) electrons. The van der Waals surface area contributed by atoms with Crippen molar-refractivity contribution in [2.75, 3.05) is 20.1 Å². The van der Waals surface area contributed by atoms with Gasteiger partial charge < -0.3 is 15.0 Å². The summed E-state index contributed by atoms with van der Waals surface area (Å²) in [6.07, 6.45) is 1.49. The molecule has 2 amide bonds. The minimum atomic E-state index is -0.286. The summed E-state index contributed by atoms with van der Waals surface area (Å²) in [5.41, 5.74) is 2.39. The summed E-state index contributed by atoms with van der Waals surface area (Å²) in [5.74, 6) is 0.0363. The third kappa shape index (κ3) is 4.77. The number of amides is 2. The number of carbonyl (C=O) groups is 2. The van der Waals surface area contributed by atoms with E-state index in [0.717, 1.165) is 6.42 Å². The van der Waals surface area contributed by atoms with Gasteiger partial charge in [-0.25, -0.2) is 4.79 Å². The normalized spacial score (nSPS) is 17.7. The molecule has 1 aliphatic rings. The molecule has 5 nitrogen and oxygen atoms in total. The summed E-state index contributed by atoms with van der Waals surface area (Å²) in [6, 6.07) is 8.19. The van der Waals surface area contributed by atoms with E-state index in [1.165, 1.54) is 11.1 Å². The Bertz CT molecular complexity index is 516. The lowest BCUT2D eigenvalue weighted by Gasteiger charge is -2.09. The van der Waals surface area contributed by atoms with Crippen LogP contribution in [0, 0.1) is 6.92 Å². The number of benzene rings is 1. The van der Waals surface area contributed by atoms with Gasteiger partial charge in [-0.15, -0.1) is 0 Å². The molecule has 1 aromatic rings. The van der Waals surface area contributed by atoms with Crippen LogP contribution < -0.4 is 5.32 Å². The molecule has 5 heteroatoms. The van der Waals surface area contributed by atoms with Gasteiger partial charge in [0.05, 0.1) is 6.54 Å². The first-order chi connectivity index (χ1) is 10.0. The molecule has 1 saturated heterocycles. The van der Waals surface area contributed by atoms with Gasteiger partial charge in [0, 0.05) is 26.4 Å². The first kappa shape index (κ1) is 15.4. The van der Waals surface area contributed by atoms with Crippen molar-refractivity contribution in [2.24, 2.45) is 0 Å². The van der Waals surface area contributed by atoms with Crippen molar-refractivity contribution in [3.8, 4) is 0 Å². The van der Waals surface area contributed by atoms with Crippen molar-refractivity contribution in [3.05, 3.63) is 35.4 Å². The van der Waals surface area contributed by atoms with Gasteiger partial charge in [0.25, 0.3) is 0 Å². The number of rotatable bonds is 6. The number of hydrogen-bond donors (Lipinski definition) is 1. The summed E-state index contributed by atoms with van der Waals surface area (Å²) in [6.45, 7) is 3.18. The summed E-state index contributed by atoms with van der Waals surface area (Å²) in [7, 11) is 1.71. The number of likely N-dealkylation sites (N-methyl/N-ethyl adjacent to an activating group) is 1. The second-order valence-corrected chi connectivity index (χ2v) is 5.51. The lowest BCUT2D eigenvalue weighted by molar-refractivity contribution is -0.121. The highest BCUT2D eigenvalue weighted by atomic mass is 16.6. The predicted molar refractivity (Wildman–Crippen MR) is 80.0 cm³/mol. The van der Waals surface area contributed by atoms with Crippen LogP contribution in [0.4, 0.5) is 4.79 Å². The van der Waals surface area contributed by atoms with E-state index < -0.39 is 0 Å². The van der Waals surface area contributed by atoms with Gasteiger partial charge in [-0.2, -0.15) is 0 Å². The average molecular weight is 290 g/mol. The third-order valence-corrected chi connectivity index (χ3v) is 3.57. The second kappa shape index (κ2) is 7.11. The highest BCUT2D eigenvalue weighted by molar-refractivity contribution is 5.76. The van der Waals surface area contributed by atoms with Crippen molar-refractivity contribution in [2.45, 2.75) is 32.3 Å². The van der Waals surface area contributed by atoms with Crippen molar-refractivity contribution < 1.29 is 14.3 Å². The van der Waals surface area contributed by atoms with Crippen LogP contribution in [0.1, 0.15) is 24.0 Å². The summed E-state index contributed by atoms with van der Waals surface area (Å²) >= 11 is 0. The standard InChI is InChI=1S/C16H22N2O3/c1-12-4-3-5-13(10-12)6-7-15(19)17-9-8-14-11-18(2)16(20)21-14/h3-5,10,14H,6-9,11H2,1-2H3,(H,17,19). The van der Waals surface area contributed by atoms with E-state index in [1.54, 1.807) is 11.9 Å². The number of nitrogens with one attached hydrogen (secondary N) is 1. The quantitative estimate of drug-likeness (QED) is 0.870. The van der Waals surface area contributed by atoms with E-state index in [2.05, 4.69) is 11.4 Å². The van der Waals surface area contributed by atoms with Gasteiger partial charge in [0.2, 0.25) is 5.91 Å². The van der Waals surface area contributed by atoms with Crippen molar-refractivity contribution in [1.82, 2.24) is 10.2 Å². The number of carbonyl (C=O) groups excluding carboxylic acids is 2. The molecule has 1 unspecified atom stereocenters. The smallest absolute Gasteiger partial charge is 0.409 e. The number of ether oxygens (including phenoxy) is 1. The molecule has 1 heterocycles. The molecule has 114 valence electrons. The Morgan fingerprint density at radius 3 is 2.95 bits per heavy atom. The maximum Gasteiger partial charge on any atom is 0.409 e. The molecule has 2 rings (SSSR count). The highest BCUT2D eigenvalue weighted by Gasteiger charge is 2.27. The summed E-state index contributed by atoms with van der Waals surface area (Å²) < 4.78 is 5.13. The van der Waals surface area contributed by atoms with Crippen LogP contribution in [0.15, 0.2) is 24.3 Å². The summed E-state index contributed by atoms with van der Waals surface area (Å²) in [5, 5.41) is 2.88.